The van der Waals surface area contributed by atoms with Crippen molar-refractivity contribution >= 4 is 17.5 Å². The molecular weight excluding hydrogens is 336 g/mol. The highest BCUT2D eigenvalue weighted by atomic mass is 16.2. The van der Waals surface area contributed by atoms with E-state index in [0.29, 0.717) is 12.5 Å². The lowest BCUT2D eigenvalue weighted by atomic mass is 10.0. The van der Waals surface area contributed by atoms with E-state index in [-0.39, 0.29) is 24.4 Å². The van der Waals surface area contributed by atoms with E-state index >= 15 is 0 Å². The third-order valence-corrected chi connectivity index (χ3v) is 4.68. The number of hydrogen-bond donors (Lipinski definition) is 0. The summed E-state index contributed by atoms with van der Waals surface area (Å²) in [6.07, 6.45) is 0. The molecule has 0 radical (unpaired) electrons. The molecule has 0 N–H and O–H groups in total. The molecule has 4 heteroatoms. The Morgan fingerprint density at radius 1 is 0.889 bits per heavy atom. The Morgan fingerprint density at radius 3 is 1.96 bits per heavy atom. The van der Waals surface area contributed by atoms with Crippen molar-refractivity contribution in [2.24, 2.45) is 0 Å². The highest BCUT2D eigenvalue weighted by molar-refractivity contribution is 5.97. The normalized spacial score (nSPS) is 10.9. The summed E-state index contributed by atoms with van der Waals surface area (Å²) < 4.78 is 0. The van der Waals surface area contributed by atoms with Crippen LogP contribution in [0.15, 0.2) is 54.6 Å². The molecule has 27 heavy (non-hydrogen) atoms. The van der Waals surface area contributed by atoms with Gasteiger partial charge in [-0.2, -0.15) is 0 Å². The summed E-state index contributed by atoms with van der Waals surface area (Å²) >= 11 is 0. The second-order valence-corrected chi connectivity index (χ2v) is 7.45. The number of benzene rings is 2. The maximum atomic E-state index is 13.0. The number of carbonyl (C=O) groups is 2. The average molecular weight is 367 g/mol. The van der Waals surface area contributed by atoms with Gasteiger partial charge in [-0.25, -0.2) is 0 Å². The molecule has 0 spiro atoms. The largest absolute Gasteiger partial charge is 0.334 e. The van der Waals surface area contributed by atoms with Crippen LogP contribution in [0.1, 0.15) is 51.7 Å². The van der Waals surface area contributed by atoms with E-state index in [4.69, 9.17) is 0 Å². The van der Waals surface area contributed by atoms with Crippen LogP contribution in [0.25, 0.3) is 0 Å². The van der Waals surface area contributed by atoms with Crippen molar-refractivity contribution < 1.29 is 9.59 Å². The zero-order valence-corrected chi connectivity index (χ0v) is 17.0. The summed E-state index contributed by atoms with van der Waals surface area (Å²) in [5, 5.41) is 0. The Hall–Kier alpha value is -2.62. The fourth-order valence-corrected chi connectivity index (χ4v) is 2.99. The zero-order valence-electron chi connectivity index (χ0n) is 17.0. The van der Waals surface area contributed by atoms with Gasteiger partial charge in [-0.3, -0.25) is 9.59 Å². The van der Waals surface area contributed by atoms with Crippen molar-refractivity contribution in [3.8, 4) is 0 Å². The van der Waals surface area contributed by atoms with E-state index in [1.807, 2.05) is 73.3 Å². The van der Waals surface area contributed by atoms with E-state index in [1.54, 1.807) is 4.90 Å². The number of hydrogen-bond acceptors (Lipinski definition) is 2. The fraction of sp³-hybridized carbons (Fsp3) is 0.391. The van der Waals surface area contributed by atoms with Gasteiger partial charge in [0.1, 0.15) is 6.54 Å². The summed E-state index contributed by atoms with van der Waals surface area (Å²) in [7, 11) is 0. The Morgan fingerprint density at radius 2 is 1.48 bits per heavy atom. The molecule has 2 aromatic rings. The lowest BCUT2D eigenvalue weighted by Crippen LogP contribution is -2.44. The average Bonchev–Trinajstić information content (AvgIpc) is 2.64. The lowest BCUT2D eigenvalue weighted by molar-refractivity contribution is -0.133. The summed E-state index contributed by atoms with van der Waals surface area (Å²) in [5.74, 6) is 0.231. The van der Waals surface area contributed by atoms with Crippen LogP contribution >= 0.6 is 0 Å². The molecule has 0 aromatic heterocycles. The Bertz CT molecular complexity index is 752. The van der Waals surface area contributed by atoms with Crippen LogP contribution in [-0.4, -0.2) is 29.3 Å². The maximum Gasteiger partial charge on any atom is 0.243 e. The van der Waals surface area contributed by atoms with E-state index in [9.17, 15) is 9.59 Å². The van der Waals surface area contributed by atoms with Crippen molar-refractivity contribution in [2.45, 2.75) is 53.1 Å². The molecule has 0 atom stereocenters. The van der Waals surface area contributed by atoms with Gasteiger partial charge in [-0.1, -0.05) is 56.3 Å². The van der Waals surface area contributed by atoms with E-state index in [1.165, 1.54) is 12.5 Å². The first-order valence-corrected chi connectivity index (χ1v) is 9.51. The standard InChI is InChI=1S/C23H30N2O2/c1-17(2)21-11-13-22(14-12-21)25(19(5)26)16-23(27)24(18(3)4)15-20-9-7-6-8-10-20/h6-14,17-18H,15-16H2,1-5H3. The number of amides is 2. The van der Waals surface area contributed by atoms with Crippen molar-refractivity contribution in [3.05, 3.63) is 65.7 Å². The molecule has 144 valence electrons. The van der Waals surface area contributed by atoms with Gasteiger partial charge in [0.05, 0.1) is 0 Å². The second-order valence-electron chi connectivity index (χ2n) is 7.45. The van der Waals surface area contributed by atoms with Gasteiger partial charge in [0.2, 0.25) is 11.8 Å². The van der Waals surface area contributed by atoms with Gasteiger partial charge in [0.25, 0.3) is 0 Å². The summed E-state index contributed by atoms with van der Waals surface area (Å²) in [6.45, 7) is 10.3. The molecule has 0 saturated carbocycles. The predicted molar refractivity (Wildman–Crippen MR) is 111 cm³/mol. The van der Waals surface area contributed by atoms with Crippen LogP contribution in [-0.2, 0) is 16.1 Å². The van der Waals surface area contributed by atoms with Crippen molar-refractivity contribution in [2.75, 3.05) is 11.4 Å². The maximum absolute atomic E-state index is 13.0. The summed E-state index contributed by atoms with van der Waals surface area (Å²) in [4.78, 5) is 28.6. The van der Waals surface area contributed by atoms with Crippen LogP contribution < -0.4 is 4.90 Å². The van der Waals surface area contributed by atoms with Gasteiger partial charge in [-0.15, -0.1) is 0 Å². The fourth-order valence-electron chi connectivity index (χ4n) is 2.99. The van der Waals surface area contributed by atoms with Crippen LogP contribution in [0.3, 0.4) is 0 Å². The molecule has 0 unspecified atom stereocenters. The first-order valence-electron chi connectivity index (χ1n) is 9.51. The monoisotopic (exact) mass is 366 g/mol. The van der Waals surface area contributed by atoms with E-state index in [0.717, 1.165) is 11.3 Å². The first kappa shape index (κ1) is 20.7. The zero-order chi connectivity index (χ0) is 20.0. The molecule has 0 aliphatic carbocycles. The SMILES string of the molecule is CC(=O)N(CC(=O)N(Cc1ccccc1)C(C)C)c1ccc(C(C)C)cc1. The molecule has 0 fully saturated rings. The number of nitrogens with zero attached hydrogens (tertiary/aromatic N) is 2. The number of rotatable bonds is 7. The molecule has 2 amide bonds. The van der Waals surface area contributed by atoms with Gasteiger partial charge in [-0.05, 0) is 43.0 Å². The van der Waals surface area contributed by atoms with Gasteiger partial charge < -0.3 is 9.80 Å². The number of carbonyl (C=O) groups excluding carboxylic acids is 2. The smallest absolute Gasteiger partial charge is 0.243 e. The van der Waals surface area contributed by atoms with Crippen LogP contribution in [0, 0.1) is 0 Å². The minimum atomic E-state index is -0.135. The third kappa shape index (κ3) is 5.68. The topological polar surface area (TPSA) is 40.6 Å². The first-order chi connectivity index (χ1) is 12.8. The lowest BCUT2D eigenvalue weighted by Gasteiger charge is -2.30. The molecular formula is C23H30N2O2. The number of anilines is 1. The highest BCUT2D eigenvalue weighted by Gasteiger charge is 2.22. The Balaban J connectivity index is 2.17. The van der Waals surface area contributed by atoms with Gasteiger partial charge >= 0.3 is 0 Å². The van der Waals surface area contributed by atoms with E-state index in [2.05, 4.69) is 13.8 Å². The minimum absolute atomic E-state index is 0.0430. The van der Waals surface area contributed by atoms with Gasteiger partial charge in [0, 0.05) is 25.2 Å². The predicted octanol–water partition coefficient (Wildman–Crippen LogP) is 4.60. The molecule has 0 bridgehead atoms. The van der Waals surface area contributed by atoms with Crippen LogP contribution in [0.4, 0.5) is 5.69 Å². The minimum Gasteiger partial charge on any atom is -0.334 e. The van der Waals surface area contributed by atoms with Crippen molar-refractivity contribution in [3.63, 3.8) is 0 Å². The van der Waals surface area contributed by atoms with Crippen LogP contribution in [0.2, 0.25) is 0 Å². The second kappa shape index (κ2) is 9.36. The molecule has 0 aliphatic heterocycles. The van der Waals surface area contributed by atoms with E-state index < -0.39 is 0 Å². The molecule has 0 aliphatic rings. The van der Waals surface area contributed by atoms with Gasteiger partial charge in [0.15, 0.2) is 0 Å². The van der Waals surface area contributed by atoms with Crippen molar-refractivity contribution in [1.82, 2.24) is 4.90 Å². The molecule has 4 nitrogen and oxygen atoms in total. The molecule has 0 heterocycles. The molecule has 0 saturated heterocycles. The summed E-state index contributed by atoms with van der Waals surface area (Å²) in [5.41, 5.74) is 3.04. The molecule has 2 rings (SSSR count). The molecule has 2 aromatic carbocycles. The summed E-state index contributed by atoms with van der Waals surface area (Å²) in [6, 6.07) is 17.8. The Kier molecular flexibility index (Phi) is 7.17. The Labute approximate surface area is 162 Å². The highest BCUT2D eigenvalue weighted by Crippen LogP contribution is 2.21. The van der Waals surface area contributed by atoms with Crippen LogP contribution in [0.5, 0.6) is 0 Å². The third-order valence-electron chi connectivity index (χ3n) is 4.68. The quantitative estimate of drug-likeness (QED) is 0.718. The van der Waals surface area contributed by atoms with Crippen molar-refractivity contribution in [1.29, 1.82) is 0 Å².